The summed E-state index contributed by atoms with van der Waals surface area (Å²) in [4.78, 5) is 11.8. The van der Waals surface area contributed by atoms with Gasteiger partial charge < -0.3 is 15.2 Å². The summed E-state index contributed by atoms with van der Waals surface area (Å²) in [6.07, 6.45) is -12.9. The van der Waals surface area contributed by atoms with Gasteiger partial charge in [-0.2, -0.15) is 26.3 Å². The van der Waals surface area contributed by atoms with Crippen LogP contribution in [0.5, 0.6) is 0 Å². The molecule has 2 N–H and O–H groups in total. The Morgan fingerprint density at radius 2 is 1.59 bits per heavy atom. The zero-order valence-corrected chi connectivity index (χ0v) is 16.1. The van der Waals surface area contributed by atoms with Crippen molar-refractivity contribution >= 4 is 12.2 Å². The van der Waals surface area contributed by atoms with Crippen molar-refractivity contribution in [2.45, 2.75) is 51.2 Å². The molecule has 0 saturated carbocycles. The second-order valence-electron chi connectivity index (χ2n) is 7.37. The van der Waals surface area contributed by atoms with E-state index in [-0.39, 0.29) is 0 Å². The standard InChI is InChI=1S/C19H23F6NO3/c1-16(2,3)29-15(28)26-14(12-27)17(18(20,21)22,19(23,24)25)11-7-10-13-8-5-4-6-9-13/h4-10,14,27H,11-12H2,1-3H3,(H,26,28)/b10-7+. The third-order valence-electron chi connectivity index (χ3n) is 4.03. The lowest BCUT2D eigenvalue weighted by Crippen LogP contribution is -2.64. The molecule has 0 aromatic heterocycles. The molecular formula is C19H23F6NO3. The predicted octanol–water partition coefficient (Wildman–Crippen LogP) is 5.09. The van der Waals surface area contributed by atoms with E-state index >= 15 is 0 Å². The van der Waals surface area contributed by atoms with Crippen LogP contribution in [0, 0.1) is 5.41 Å². The Balaban J connectivity index is 3.33. The number of hydrogen-bond acceptors (Lipinski definition) is 3. The van der Waals surface area contributed by atoms with Crippen LogP contribution in [-0.2, 0) is 4.74 Å². The minimum atomic E-state index is -5.82. The van der Waals surface area contributed by atoms with Gasteiger partial charge in [-0.1, -0.05) is 42.5 Å². The van der Waals surface area contributed by atoms with E-state index in [1.807, 2.05) is 0 Å². The molecule has 1 aromatic carbocycles. The first-order valence-corrected chi connectivity index (χ1v) is 8.59. The van der Waals surface area contributed by atoms with E-state index in [4.69, 9.17) is 4.74 Å². The molecule has 4 nitrogen and oxygen atoms in total. The molecule has 0 aliphatic carbocycles. The van der Waals surface area contributed by atoms with Gasteiger partial charge in [0.25, 0.3) is 0 Å². The van der Waals surface area contributed by atoms with Crippen LogP contribution in [0.25, 0.3) is 6.08 Å². The van der Waals surface area contributed by atoms with Crippen molar-refractivity contribution in [1.82, 2.24) is 5.32 Å². The van der Waals surface area contributed by atoms with Crippen molar-refractivity contribution in [3.05, 3.63) is 42.0 Å². The fraction of sp³-hybridized carbons (Fsp3) is 0.526. The quantitative estimate of drug-likeness (QED) is 0.622. The molecule has 10 heteroatoms. The van der Waals surface area contributed by atoms with E-state index in [2.05, 4.69) is 0 Å². The summed E-state index contributed by atoms with van der Waals surface area (Å²) in [6.45, 7) is 2.58. The van der Waals surface area contributed by atoms with Crippen LogP contribution < -0.4 is 5.32 Å². The van der Waals surface area contributed by atoms with Gasteiger partial charge in [-0.05, 0) is 32.8 Å². The van der Waals surface area contributed by atoms with Crippen LogP contribution >= 0.6 is 0 Å². The Labute approximate surface area is 164 Å². The van der Waals surface area contributed by atoms with Crippen LogP contribution in [0.15, 0.2) is 36.4 Å². The van der Waals surface area contributed by atoms with E-state index in [0.717, 1.165) is 12.2 Å². The molecule has 1 rings (SSSR count). The third-order valence-corrected chi connectivity index (χ3v) is 4.03. The number of aliphatic hydroxyl groups excluding tert-OH is 1. The summed E-state index contributed by atoms with van der Waals surface area (Å²) in [5.41, 5.74) is -5.18. The molecule has 0 bridgehead atoms. The molecule has 1 atom stereocenters. The molecule has 1 aromatic rings. The van der Waals surface area contributed by atoms with Crippen LogP contribution in [0.2, 0.25) is 0 Å². The molecule has 0 aliphatic heterocycles. The molecule has 1 amide bonds. The van der Waals surface area contributed by atoms with E-state index in [1.54, 1.807) is 23.5 Å². The number of alkyl carbamates (subject to hydrolysis) is 1. The van der Waals surface area contributed by atoms with Gasteiger partial charge in [0.15, 0.2) is 5.41 Å². The number of allylic oxidation sites excluding steroid dienone is 1. The molecular weight excluding hydrogens is 404 g/mol. The second-order valence-corrected chi connectivity index (χ2v) is 7.37. The van der Waals surface area contributed by atoms with Crippen LogP contribution in [-0.4, -0.2) is 41.8 Å². The number of alkyl halides is 6. The third kappa shape index (κ3) is 6.38. The van der Waals surface area contributed by atoms with Gasteiger partial charge in [0.1, 0.15) is 5.60 Å². The van der Waals surface area contributed by atoms with Gasteiger partial charge >= 0.3 is 18.4 Å². The lowest BCUT2D eigenvalue weighted by atomic mass is 9.75. The Kier molecular flexibility index (Phi) is 7.75. The topological polar surface area (TPSA) is 58.6 Å². The highest BCUT2D eigenvalue weighted by atomic mass is 19.4. The maximum atomic E-state index is 13.8. The number of nitrogens with one attached hydrogen (secondary N) is 1. The van der Waals surface area contributed by atoms with Gasteiger partial charge in [0.05, 0.1) is 12.6 Å². The molecule has 1 unspecified atom stereocenters. The zero-order valence-electron chi connectivity index (χ0n) is 16.1. The number of ether oxygens (including phenoxy) is 1. The number of carbonyl (C=O) groups excluding carboxylic acids is 1. The highest BCUT2D eigenvalue weighted by Gasteiger charge is 2.73. The van der Waals surface area contributed by atoms with Crippen LogP contribution in [0.1, 0.15) is 32.8 Å². The average Bonchev–Trinajstić information content (AvgIpc) is 2.54. The number of benzene rings is 1. The number of carbonyl (C=O) groups is 1. The summed E-state index contributed by atoms with van der Waals surface area (Å²) in [7, 11) is 0. The Hall–Kier alpha value is -2.23. The fourth-order valence-corrected chi connectivity index (χ4v) is 2.65. The molecule has 0 fully saturated rings. The monoisotopic (exact) mass is 427 g/mol. The van der Waals surface area contributed by atoms with Crippen molar-refractivity contribution in [3.63, 3.8) is 0 Å². The minimum Gasteiger partial charge on any atom is -0.444 e. The van der Waals surface area contributed by atoms with Gasteiger partial charge in [-0.15, -0.1) is 0 Å². The van der Waals surface area contributed by atoms with E-state index in [0.29, 0.717) is 5.56 Å². The summed E-state index contributed by atoms with van der Waals surface area (Å²) < 4.78 is 87.3. The average molecular weight is 427 g/mol. The maximum absolute atomic E-state index is 13.8. The van der Waals surface area contributed by atoms with Crippen molar-refractivity contribution in [3.8, 4) is 0 Å². The van der Waals surface area contributed by atoms with Gasteiger partial charge in [-0.3, -0.25) is 0 Å². The number of amides is 1. The van der Waals surface area contributed by atoms with E-state index in [1.165, 1.54) is 32.9 Å². The summed E-state index contributed by atoms with van der Waals surface area (Å²) in [5, 5.41) is 10.9. The number of aliphatic hydroxyl groups is 1. The van der Waals surface area contributed by atoms with Crippen molar-refractivity contribution in [1.29, 1.82) is 0 Å². The molecule has 0 saturated heterocycles. The Bertz CT molecular complexity index is 679. The Morgan fingerprint density at radius 1 is 1.07 bits per heavy atom. The number of hydrogen-bond donors (Lipinski definition) is 2. The minimum absolute atomic E-state index is 0.395. The SMILES string of the molecule is CC(C)(C)OC(=O)NC(CO)C(C/C=C/c1ccccc1)(C(F)(F)F)C(F)(F)F. The van der Waals surface area contributed by atoms with E-state index < -0.39 is 48.5 Å². The highest BCUT2D eigenvalue weighted by molar-refractivity contribution is 5.68. The number of rotatable bonds is 6. The zero-order chi connectivity index (χ0) is 22.5. The summed E-state index contributed by atoms with van der Waals surface area (Å²) in [6, 6.07) is 5.07. The molecule has 0 radical (unpaired) electrons. The van der Waals surface area contributed by atoms with Crippen molar-refractivity contribution in [2.24, 2.45) is 5.41 Å². The maximum Gasteiger partial charge on any atom is 0.407 e. The molecule has 0 heterocycles. The number of halogens is 6. The summed E-state index contributed by atoms with van der Waals surface area (Å²) >= 11 is 0. The molecule has 29 heavy (non-hydrogen) atoms. The summed E-state index contributed by atoms with van der Waals surface area (Å²) in [5.74, 6) is 0. The lowest BCUT2D eigenvalue weighted by molar-refractivity contribution is -0.350. The second kappa shape index (κ2) is 9.06. The normalized spacial score (nSPS) is 14.7. The first kappa shape index (κ1) is 24.8. The lowest BCUT2D eigenvalue weighted by Gasteiger charge is -2.42. The van der Waals surface area contributed by atoms with Crippen molar-refractivity contribution in [2.75, 3.05) is 6.61 Å². The highest BCUT2D eigenvalue weighted by Crippen LogP contribution is 2.55. The van der Waals surface area contributed by atoms with E-state index in [9.17, 15) is 36.2 Å². The largest absolute Gasteiger partial charge is 0.444 e. The van der Waals surface area contributed by atoms with Gasteiger partial charge in [-0.25, -0.2) is 4.79 Å². The molecule has 0 aliphatic rings. The predicted molar refractivity (Wildman–Crippen MR) is 94.9 cm³/mol. The fourth-order valence-electron chi connectivity index (χ4n) is 2.65. The van der Waals surface area contributed by atoms with Crippen LogP contribution in [0.3, 0.4) is 0 Å². The molecule has 0 spiro atoms. The van der Waals surface area contributed by atoms with Gasteiger partial charge in [0, 0.05) is 0 Å². The Morgan fingerprint density at radius 3 is 2.00 bits per heavy atom. The molecule has 164 valence electrons. The van der Waals surface area contributed by atoms with Crippen molar-refractivity contribution < 1.29 is 41.0 Å². The first-order chi connectivity index (χ1) is 13.1. The van der Waals surface area contributed by atoms with Gasteiger partial charge in [0.2, 0.25) is 0 Å². The first-order valence-electron chi connectivity index (χ1n) is 8.59. The smallest absolute Gasteiger partial charge is 0.407 e. The van der Waals surface area contributed by atoms with Crippen LogP contribution in [0.4, 0.5) is 31.1 Å².